The Kier molecular flexibility index (Phi) is 24.8. The Labute approximate surface area is 357 Å². The van der Waals surface area contributed by atoms with Gasteiger partial charge < -0.3 is 10.2 Å². The molecular formula is C56H84O2. The monoisotopic (exact) mass is 789 g/mol. The molecule has 0 radical (unpaired) electrons. The highest BCUT2D eigenvalue weighted by molar-refractivity contribution is 5.95. The van der Waals surface area contributed by atoms with E-state index in [-0.39, 0.29) is 5.75 Å². The Hall–Kier alpha value is -3.78. The van der Waals surface area contributed by atoms with Crippen molar-refractivity contribution in [1.82, 2.24) is 0 Å². The van der Waals surface area contributed by atoms with Crippen LogP contribution in [0, 0.1) is 12.8 Å². The van der Waals surface area contributed by atoms with Crippen LogP contribution in [-0.4, -0.2) is 10.2 Å². The van der Waals surface area contributed by atoms with Crippen molar-refractivity contribution in [3.05, 3.63) is 129 Å². The second kappa shape index (κ2) is 28.6. The predicted octanol–water partition coefficient (Wildman–Crippen LogP) is 18.0. The van der Waals surface area contributed by atoms with Crippen molar-refractivity contribution in [1.29, 1.82) is 0 Å². The Morgan fingerprint density at radius 2 is 0.828 bits per heavy atom. The molecule has 1 atom stereocenters. The Morgan fingerprint density at radius 1 is 0.466 bits per heavy atom. The van der Waals surface area contributed by atoms with Gasteiger partial charge in [-0.2, -0.15) is 0 Å². The maximum absolute atomic E-state index is 10.9. The van der Waals surface area contributed by atoms with Crippen molar-refractivity contribution in [3.8, 4) is 11.5 Å². The molecule has 320 valence electrons. The number of fused-ring (bicyclic) bond motifs is 1. The van der Waals surface area contributed by atoms with Gasteiger partial charge in [-0.25, -0.2) is 0 Å². The number of hydrogen-bond donors (Lipinski definition) is 2. The first kappa shape index (κ1) is 50.4. The molecule has 0 heterocycles. The van der Waals surface area contributed by atoms with Crippen LogP contribution in [-0.2, 0) is 6.42 Å². The third-order valence-corrected chi connectivity index (χ3v) is 11.9. The minimum absolute atomic E-state index is 0.276. The fourth-order valence-electron chi connectivity index (χ4n) is 7.63. The molecule has 0 aliphatic heterocycles. The third-order valence-electron chi connectivity index (χ3n) is 11.9. The van der Waals surface area contributed by atoms with E-state index in [0.717, 1.165) is 67.9 Å². The molecule has 0 spiro atoms. The third kappa shape index (κ3) is 21.3. The average molecular weight is 789 g/mol. The molecule has 0 bridgehead atoms. The topological polar surface area (TPSA) is 40.5 Å². The highest BCUT2D eigenvalue weighted by Gasteiger charge is 2.15. The van der Waals surface area contributed by atoms with Gasteiger partial charge in [0.15, 0.2) is 0 Å². The molecule has 0 aliphatic rings. The largest absolute Gasteiger partial charge is 0.507 e. The Bertz CT molecular complexity index is 1790. The summed E-state index contributed by atoms with van der Waals surface area (Å²) < 4.78 is 0. The number of allylic oxidation sites excluding steroid dienone is 16. The zero-order valence-electron chi connectivity index (χ0n) is 39.1. The second-order valence-corrected chi connectivity index (χ2v) is 18.0. The standard InChI is InChI=1S/C56H84O2/c1-42(2)22-14-23-43(3)24-15-25-44(4)26-16-27-45(5)28-17-29-46(6)30-18-31-47(7)32-19-33-48(8)34-20-35-49(9)36-21-37-50(10)40-41-52-51(11)55(57)53-38-12-13-39-54(53)56(52)58/h12-13,22,24,26,28,30,32,34,38-40,49,57-58H,14-21,23,25,27,29,31,33,35-37,41H2,1-11H3/b43-24+,44-26+,45-28+,46-30+,47-32+,48-34+,50-40+. The first-order valence-electron chi connectivity index (χ1n) is 22.8. The molecule has 58 heavy (non-hydrogen) atoms. The van der Waals surface area contributed by atoms with E-state index in [2.05, 4.69) is 118 Å². The number of benzene rings is 2. The van der Waals surface area contributed by atoms with Crippen molar-refractivity contribution in [2.45, 2.75) is 192 Å². The summed E-state index contributed by atoms with van der Waals surface area (Å²) in [6.45, 7) is 24.6. The summed E-state index contributed by atoms with van der Waals surface area (Å²) in [6.07, 6.45) is 39.8. The minimum Gasteiger partial charge on any atom is -0.507 e. The van der Waals surface area contributed by atoms with Crippen LogP contribution in [0.15, 0.2) is 117 Å². The first-order chi connectivity index (χ1) is 27.7. The molecule has 2 aromatic rings. The average Bonchev–Trinajstić information content (AvgIpc) is 3.17. The van der Waals surface area contributed by atoms with Gasteiger partial charge in [-0.1, -0.05) is 131 Å². The van der Waals surface area contributed by atoms with E-state index in [1.165, 1.54) is 102 Å². The number of phenolic OH excluding ortho intramolecular Hbond substituents is 2. The smallest absolute Gasteiger partial charge is 0.127 e. The predicted molar refractivity (Wildman–Crippen MR) is 259 cm³/mol. The molecule has 1 unspecified atom stereocenters. The van der Waals surface area contributed by atoms with Crippen LogP contribution in [0.25, 0.3) is 10.8 Å². The van der Waals surface area contributed by atoms with E-state index < -0.39 is 0 Å². The highest BCUT2D eigenvalue weighted by Crippen LogP contribution is 2.39. The van der Waals surface area contributed by atoms with Gasteiger partial charge in [-0.05, 0) is 190 Å². The van der Waals surface area contributed by atoms with Crippen LogP contribution in [0.1, 0.15) is 190 Å². The molecule has 0 aromatic heterocycles. The van der Waals surface area contributed by atoms with Crippen LogP contribution in [0.2, 0.25) is 0 Å². The maximum Gasteiger partial charge on any atom is 0.127 e. The summed E-state index contributed by atoms with van der Waals surface area (Å²) >= 11 is 0. The maximum atomic E-state index is 10.9. The summed E-state index contributed by atoms with van der Waals surface area (Å²) in [6, 6.07) is 7.53. The van der Waals surface area contributed by atoms with Gasteiger partial charge in [0.1, 0.15) is 11.5 Å². The Morgan fingerprint density at radius 3 is 1.24 bits per heavy atom. The lowest BCUT2D eigenvalue weighted by molar-refractivity contribution is 0.461. The van der Waals surface area contributed by atoms with Crippen molar-refractivity contribution >= 4 is 10.8 Å². The summed E-state index contributed by atoms with van der Waals surface area (Å²) in [5.41, 5.74) is 13.5. The summed E-state index contributed by atoms with van der Waals surface area (Å²) in [5.74, 6) is 1.28. The van der Waals surface area contributed by atoms with Crippen LogP contribution >= 0.6 is 0 Å². The van der Waals surface area contributed by atoms with Gasteiger partial charge in [0.05, 0.1) is 0 Å². The molecule has 0 saturated carbocycles. The summed E-state index contributed by atoms with van der Waals surface area (Å²) in [7, 11) is 0. The van der Waals surface area contributed by atoms with Gasteiger partial charge in [-0.15, -0.1) is 0 Å². The fraction of sp³-hybridized carbons (Fsp3) is 0.536. The quantitative estimate of drug-likeness (QED) is 0.0699. The normalized spacial score (nSPS) is 14.4. The van der Waals surface area contributed by atoms with Crippen LogP contribution in [0.4, 0.5) is 0 Å². The van der Waals surface area contributed by atoms with Crippen molar-refractivity contribution in [2.24, 2.45) is 5.92 Å². The molecule has 2 N–H and O–H groups in total. The summed E-state index contributed by atoms with van der Waals surface area (Å²) in [4.78, 5) is 0. The van der Waals surface area contributed by atoms with Gasteiger partial charge in [0, 0.05) is 16.3 Å². The van der Waals surface area contributed by atoms with Crippen LogP contribution in [0.5, 0.6) is 11.5 Å². The molecule has 2 rings (SSSR count). The number of aromatic hydroxyl groups is 2. The molecule has 0 amide bonds. The van der Waals surface area contributed by atoms with E-state index >= 15 is 0 Å². The van der Waals surface area contributed by atoms with E-state index in [9.17, 15) is 10.2 Å². The van der Waals surface area contributed by atoms with Gasteiger partial charge >= 0.3 is 0 Å². The van der Waals surface area contributed by atoms with Crippen molar-refractivity contribution < 1.29 is 10.2 Å². The number of phenols is 2. The lowest BCUT2D eigenvalue weighted by Crippen LogP contribution is -1.95. The molecule has 2 heteroatoms. The zero-order valence-corrected chi connectivity index (χ0v) is 39.1. The van der Waals surface area contributed by atoms with Gasteiger partial charge in [-0.3, -0.25) is 0 Å². The number of rotatable bonds is 27. The fourth-order valence-corrected chi connectivity index (χ4v) is 7.63. The molecule has 2 nitrogen and oxygen atoms in total. The Balaban J connectivity index is 1.58. The van der Waals surface area contributed by atoms with Crippen molar-refractivity contribution in [2.75, 3.05) is 0 Å². The molecule has 0 saturated heterocycles. The number of hydrogen-bond acceptors (Lipinski definition) is 2. The molecular weight excluding hydrogens is 705 g/mol. The van der Waals surface area contributed by atoms with Crippen LogP contribution < -0.4 is 0 Å². The summed E-state index contributed by atoms with van der Waals surface area (Å²) in [5, 5.41) is 23.0. The lowest BCUT2D eigenvalue weighted by Gasteiger charge is -2.14. The molecule has 0 fully saturated rings. The molecule has 0 aliphatic carbocycles. The van der Waals surface area contributed by atoms with Crippen LogP contribution in [0.3, 0.4) is 0 Å². The van der Waals surface area contributed by atoms with Gasteiger partial charge in [0.2, 0.25) is 0 Å². The lowest BCUT2D eigenvalue weighted by atomic mass is 9.94. The van der Waals surface area contributed by atoms with Crippen molar-refractivity contribution in [3.63, 3.8) is 0 Å². The van der Waals surface area contributed by atoms with E-state index in [1.807, 2.05) is 31.2 Å². The second-order valence-electron chi connectivity index (χ2n) is 18.0. The zero-order chi connectivity index (χ0) is 42.9. The first-order valence-corrected chi connectivity index (χ1v) is 22.8. The van der Waals surface area contributed by atoms with E-state index in [4.69, 9.17) is 0 Å². The SMILES string of the molecule is CC(C)=CCC/C(C)=C/CC/C(C)=C/CC/C(C)=C/CC/C(C)=C/CC/C(C)=C/CC/C(C)=C/CCC(C)CCC/C(C)=C/Cc1c(C)c(O)c2ccccc2c1O. The molecule has 2 aromatic carbocycles. The van der Waals surface area contributed by atoms with E-state index in [0.29, 0.717) is 23.5 Å². The highest BCUT2D eigenvalue weighted by atomic mass is 16.3. The van der Waals surface area contributed by atoms with Gasteiger partial charge in [0.25, 0.3) is 0 Å². The minimum atomic E-state index is 0.276. The van der Waals surface area contributed by atoms with E-state index in [1.54, 1.807) is 0 Å².